The first-order valence-electron chi connectivity index (χ1n) is 9.43. The fraction of sp³-hybridized carbons (Fsp3) is 0.167. The number of carbonyl (C=O) groups excluding carboxylic acids is 1. The van der Waals surface area contributed by atoms with Crippen molar-refractivity contribution in [3.8, 4) is 5.75 Å². The molecule has 0 saturated carbocycles. The van der Waals surface area contributed by atoms with Crippen molar-refractivity contribution in [2.24, 2.45) is 0 Å². The van der Waals surface area contributed by atoms with Crippen LogP contribution in [-0.4, -0.2) is 18.0 Å². The highest BCUT2D eigenvalue weighted by molar-refractivity contribution is 7.22. The van der Waals surface area contributed by atoms with Gasteiger partial charge in [-0.05, 0) is 60.9 Å². The maximum atomic E-state index is 13.5. The molecule has 0 unspecified atom stereocenters. The molecule has 0 saturated heterocycles. The van der Waals surface area contributed by atoms with Gasteiger partial charge in [-0.15, -0.1) is 0 Å². The number of aromatic nitrogens is 1. The molecule has 0 fully saturated rings. The summed E-state index contributed by atoms with van der Waals surface area (Å²) < 4.78 is 6.32. The molecule has 1 amide bonds. The number of carbonyl (C=O) groups is 1. The van der Waals surface area contributed by atoms with E-state index >= 15 is 0 Å². The number of aryl methyl sites for hydroxylation is 2. The molecule has 1 heterocycles. The van der Waals surface area contributed by atoms with Crippen LogP contribution in [0, 0.1) is 13.8 Å². The molecule has 5 heteroatoms. The number of ether oxygens (including phenoxy) is 1. The normalized spacial score (nSPS) is 10.9. The summed E-state index contributed by atoms with van der Waals surface area (Å²) in [7, 11) is 1.65. The fourth-order valence-corrected chi connectivity index (χ4v) is 4.15. The van der Waals surface area contributed by atoms with E-state index in [1.165, 1.54) is 16.9 Å². The van der Waals surface area contributed by atoms with Crippen molar-refractivity contribution in [1.29, 1.82) is 0 Å². The van der Waals surface area contributed by atoms with Crippen molar-refractivity contribution in [3.63, 3.8) is 0 Å². The van der Waals surface area contributed by atoms with Crippen molar-refractivity contribution in [1.82, 2.24) is 4.98 Å². The minimum atomic E-state index is -0.0528. The summed E-state index contributed by atoms with van der Waals surface area (Å²) in [6.07, 6.45) is 0. The van der Waals surface area contributed by atoms with E-state index in [-0.39, 0.29) is 5.91 Å². The lowest BCUT2D eigenvalue weighted by Gasteiger charge is -2.20. The highest BCUT2D eigenvalue weighted by Gasteiger charge is 2.22. The van der Waals surface area contributed by atoms with Gasteiger partial charge >= 0.3 is 0 Å². The quantitative estimate of drug-likeness (QED) is 0.426. The molecule has 4 aromatic rings. The SMILES string of the molecule is COc1ccc2nc(N(Cc3ccccc3)C(=O)c3ccc(C)c(C)c3)sc2c1. The van der Waals surface area contributed by atoms with Crippen LogP contribution in [-0.2, 0) is 6.54 Å². The number of hydrogen-bond donors (Lipinski definition) is 0. The highest BCUT2D eigenvalue weighted by atomic mass is 32.1. The Labute approximate surface area is 174 Å². The summed E-state index contributed by atoms with van der Waals surface area (Å²) in [4.78, 5) is 20.0. The van der Waals surface area contributed by atoms with Gasteiger partial charge in [-0.2, -0.15) is 0 Å². The van der Waals surface area contributed by atoms with E-state index in [2.05, 4.69) is 0 Å². The summed E-state index contributed by atoms with van der Waals surface area (Å²) in [6, 6.07) is 21.6. The Hall–Kier alpha value is -3.18. The van der Waals surface area contributed by atoms with Crippen molar-refractivity contribution < 1.29 is 9.53 Å². The number of amides is 1. The zero-order valence-electron chi connectivity index (χ0n) is 16.7. The van der Waals surface area contributed by atoms with Gasteiger partial charge in [-0.25, -0.2) is 4.98 Å². The number of rotatable bonds is 5. The third-order valence-electron chi connectivity index (χ3n) is 5.00. The Morgan fingerprint density at radius 3 is 2.52 bits per heavy atom. The maximum absolute atomic E-state index is 13.5. The first-order valence-corrected chi connectivity index (χ1v) is 10.2. The summed E-state index contributed by atoms with van der Waals surface area (Å²) in [5.41, 5.74) is 4.85. The van der Waals surface area contributed by atoms with Crippen LogP contribution >= 0.6 is 11.3 Å². The molecule has 0 aliphatic rings. The maximum Gasteiger partial charge on any atom is 0.260 e. The highest BCUT2D eigenvalue weighted by Crippen LogP contribution is 2.33. The van der Waals surface area contributed by atoms with Gasteiger partial charge in [0.2, 0.25) is 0 Å². The monoisotopic (exact) mass is 402 g/mol. The number of fused-ring (bicyclic) bond motifs is 1. The molecule has 1 aromatic heterocycles. The molecule has 4 nitrogen and oxygen atoms in total. The number of thiazole rings is 1. The van der Waals surface area contributed by atoms with Gasteiger partial charge in [-0.1, -0.05) is 47.7 Å². The van der Waals surface area contributed by atoms with Crippen molar-refractivity contribution >= 4 is 32.6 Å². The first kappa shape index (κ1) is 19.2. The number of methoxy groups -OCH3 is 1. The Bertz CT molecular complexity index is 1170. The Morgan fingerprint density at radius 1 is 1.00 bits per heavy atom. The summed E-state index contributed by atoms with van der Waals surface area (Å²) in [6.45, 7) is 4.54. The lowest BCUT2D eigenvalue weighted by atomic mass is 10.1. The van der Waals surface area contributed by atoms with Crippen LogP contribution in [0.1, 0.15) is 27.0 Å². The smallest absolute Gasteiger partial charge is 0.260 e. The predicted octanol–water partition coefficient (Wildman–Crippen LogP) is 5.77. The van der Waals surface area contributed by atoms with Gasteiger partial charge in [0.05, 0.1) is 23.9 Å². The number of nitrogens with zero attached hydrogens (tertiary/aromatic N) is 2. The number of hydrogen-bond acceptors (Lipinski definition) is 4. The van der Waals surface area contributed by atoms with Crippen LogP contribution in [0.2, 0.25) is 0 Å². The van der Waals surface area contributed by atoms with Gasteiger partial charge in [0.15, 0.2) is 5.13 Å². The van der Waals surface area contributed by atoms with Crippen LogP contribution < -0.4 is 9.64 Å². The van der Waals surface area contributed by atoms with Crippen molar-refractivity contribution in [2.45, 2.75) is 20.4 Å². The molecule has 0 atom stereocenters. The second kappa shape index (κ2) is 8.05. The largest absolute Gasteiger partial charge is 0.497 e. The molecule has 29 heavy (non-hydrogen) atoms. The van der Waals surface area contributed by atoms with Gasteiger partial charge in [0, 0.05) is 5.56 Å². The topological polar surface area (TPSA) is 42.4 Å². The molecular formula is C24H22N2O2S. The summed E-state index contributed by atoms with van der Waals surface area (Å²) >= 11 is 1.50. The minimum absolute atomic E-state index is 0.0528. The Balaban J connectivity index is 1.77. The number of benzene rings is 3. The van der Waals surface area contributed by atoms with Crippen LogP contribution in [0.3, 0.4) is 0 Å². The molecule has 0 spiro atoms. The van der Waals surface area contributed by atoms with E-state index in [4.69, 9.17) is 9.72 Å². The molecule has 0 aliphatic carbocycles. The van der Waals surface area contributed by atoms with Crippen LogP contribution in [0.4, 0.5) is 5.13 Å². The molecule has 3 aromatic carbocycles. The van der Waals surface area contributed by atoms with Gasteiger partial charge in [0.25, 0.3) is 5.91 Å². The standard InChI is InChI=1S/C24H22N2O2S/c1-16-9-10-19(13-17(16)2)23(27)26(15-18-7-5-4-6-8-18)24-25-21-12-11-20(28-3)14-22(21)29-24/h4-14H,15H2,1-3H3. The van der Waals surface area contributed by atoms with E-state index in [1.807, 2.05) is 80.6 Å². The lowest BCUT2D eigenvalue weighted by molar-refractivity contribution is 0.0985. The van der Waals surface area contributed by atoms with E-state index < -0.39 is 0 Å². The minimum Gasteiger partial charge on any atom is -0.497 e. The van der Waals surface area contributed by atoms with Crippen molar-refractivity contribution in [2.75, 3.05) is 12.0 Å². The van der Waals surface area contributed by atoms with Gasteiger partial charge < -0.3 is 4.74 Å². The number of anilines is 1. The van der Waals surface area contributed by atoms with E-state index in [0.717, 1.165) is 27.1 Å². The molecule has 4 rings (SSSR count). The molecular weight excluding hydrogens is 380 g/mol. The average Bonchev–Trinajstić information content (AvgIpc) is 3.17. The zero-order valence-corrected chi connectivity index (χ0v) is 17.5. The molecule has 0 N–H and O–H groups in total. The van der Waals surface area contributed by atoms with Crippen LogP contribution in [0.15, 0.2) is 66.7 Å². The second-order valence-corrected chi connectivity index (χ2v) is 8.02. The molecule has 146 valence electrons. The average molecular weight is 403 g/mol. The van der Waals surface area contributed by atoms with Crippen LogP contribution in [0.25, 0.3) is 10.2 Å². The predicted molar refractivity (Wildman–Crippen MR) is 119 cm³/mol. The van der Waals surface area contributed by atoms with Crippen LogP contribution in [0.5, 0.6) is 5.75 Å². The third kappa shape index (κ3) is 4.00. The van der Waals surface area contributed by atoms with Gasteiger partial charge in [-0.3, -0.25) is 9.69 Å². The Kier molecular flexibility index (Phi) is 5.32. The Morgan fingerprint density at radius 2 is 1.79 bits per heavy atom. The molecule has 0 bridgehead atoms. The van der Waals surface area contributed by atoms with E-state index in [9.17, 15) is 4.79 Å². The van der Waals surface area contributed by atoms with E-state index in [0.29, 0.717) is 17.2 Å². The van der Waals surface area contributed by atoms with Crippen molar-refractivity contribution in [3.05, 3.63) is 89.0 Å². The second-order valence-electron chi connectivity index (χ2n) is 7.01. The summed E-state index contributed by atoms with van der Waals surface area (Å²) in [5.74, 6) is 0.728. The third-order valence-corrected chi connectivity index (χ3v) is 6.04. The molecule has 0 radical (unpaired) electrons. The lowest BCUT2D eigenvalue weighted by Crippen LogP contribution is -2.30. The van der Waals surface area contributed by atoms with E-state index in [1.54, 1.807) is 12.0 Å². The zero-order chi connectivity index (χ0) is 20.4. The fourth-order valence-electron chi connectivity index (χ4n) is 3.16. The molecule has 0 aliphatic heterocycles. The first-order chi connectivity index (χ1) is 14.0. The summed E-state index contributed by atoms with van der Waals surface area (Å²) in [5, 5.41) is 0.681. The van der Waals surface area contributed by atoms with Gasteiger partial charge in [0.1, 0.15) is 5.75 Å².